The highest BCUT2D eigenvalue weighted by atomic mass is 31.2. The van der Waals surface area contributed by atoms with Crippen LogP contribution in [0, 0.1) is 0 Å². The highest BCUT2D eigenvalue weighted by Crippen LogP contribution is 2.45. The van der Waals surface area contributed by atoms with Crippen LogP contribution < -0.4 is 0 Å². The Kier molecular flexibility index (Phi) is 84.1. The van der Waals surface area contributed by atoms with E-state index in [-0.39, 0.29) is 19.3 Å². The van der Waals surface area contributed by atoms with Gasteiger partial charge in [-0.05, 0) is 116 Å². The summed E-state index contributed by atoms with van der Waals surface area (Å²) < 4.78 is 61.3. The molecule has 0 rings (SSSR count). The van der Waals surface area contributed by atoms with Gasteiger partial charge in [-0.1, -0.05) is 393 Å². The largest absolute Gasteiger partial charge is 0.472 e. The van der Waals surface area contributed by atoms with E-state index in [0.29, 0.717) is 19.3 Å². The highest BCUT2D eigenvalue weighted by molar-refractivity contribution is 7.47. The molecule has 16 nitrogen and oxygen atoms in total. The summed E-state index contributed by atoms with van der Waals surface area (Å²) in [6.45, 7) is 2.59. The number of hydrogen-bond donors (Lipinski definition) is 4. The number of aliphatic hydroxyl groups is 2. The molecule has 0 aliphatic heterocycles. The summed E-state index contributed by atoms with van der Waals surface area (Å²) in [6.07, 6.45) is 107. The third-order valence-electron chi connectivity index (χ3n) is 19.7. The number of carbonyl (C=O) groups is 3. The van der Waals surface area contributed by atoms with E-state index in [9.17, 15) is 43.5 Å². The molecular weight excluding hydrogens is 1460 g/mol. The minimum atomic E-state index is -4.93. The lowest BCUT2D eigenvalue weighted by Crippen LogP contribution is -2.30. The van der Waals surface area contributed by atoms with Gasteiger partial charge in [-0.2, -0.15) is 0 Å². The fourth-order valence-corrected chi connectivity index (χ4v) is 14.3. The van der Waals surface area contributed by atoms with E-state index in [0.717, 1.165) is 128 Å². The third kappa shape index (κ3) is 88.6. The van der Waals surface area contributed by atoms with Crippen LogP contribution in [-0.4, -0.2) is 95.9 Å². The second-order valence-corrected chi connectivity index (χ2v) is 33.6. The first kappa shape index (κ1) is 109. The molecule has 0 radical (unpaired) electrons. The van der Waals surface area contributed by atoms with E-state index >= 15 is 0 Å². The monoisotopic (exact) mass is 1630 g/mol. The number of hydrogen-bond acceptors (Lipinski definition) is 14. The number of aliphatic hydroxyl groups excluding tert-OH is 2. The number of phosphoric ester groups is 2. The minimum Gasteiger partial charge on any atom is -0.463 e. The molecule has 0 saturated carbocycles. The van der Waals surface area contributed by atoms with E-state index in [1.165, 1.54) is 218 Å². The molecule has 0 aromatic heterocycles. The van der Waals surface area contributed by atoms with E-state index < -0.39 is 91.5 Å². The molecule has 0 amide bonds. The molecule has 0 fully saturated rings. The number of ether oxygens (including phenoxy) is 3. The molecule has 5 atom stereocenters. The predicted molar refractivity (Wildman–Crippen MR) is 473 cm³/mol. The van der Waals surface area contributed by atoms with Gasteiger partial charge in [-0.3, -0.25) is 32.5 Å². The highest BCUT2D eigenvalue weighted by Gasteiger charge is 2.29. The van der Waals surface area contributed by atoms with Crippen molar-refractivity contribution < 1.29 is 75.8 Å². The molecule has 0 spiro atoms. The Morgan fingerprint density at radius 2 is 0.469 bits per heavy atom. The number of esters is 3. The van der Waals surface area contributed by atoms with Crippen molar-refractivity contribution in [2.24, 2.45) is 0 Å². The molecular formula is C95H168O16P2. The average Bonchev–Trinajstić information content (AvgIpc) is 0.902. The second-order valence-electron chi connectivity index (χ2n) is 30.7. The fraction of sp³-hybridized carbons (Fsp3) is 0.758. The zero-order valence-corrected chi connectivity index (χ0v) is 73.8. The maximum atomic E-state index is 13.0. The van der Waals surface area contributed by atoms with Gasteiger partial charge in [0.25, 0.3) is 0 Å². The quantitative estimate of drug-likeness (QED) is 0.0146. The van der Waals surface area contributed by atoms with E-state index in [1.54, 1.807) is 0 Å². The Morgan fingerprint density at radius 3 is 0.761 bits per heavy atom. The normalized spacial score (nSPS) is 14.4. The van der Waals surface area contributed by atoms with Crippen LogP contribution in [0.15, 0.2) is 122 Å². The van der Waals surface area contributed by atoms with Crippen LogP contribution in [0.3, 0.4) is 0 Å². The van der Waals surface area contributed by atoms with Gasteiger partial charge in [0.15, 0.2) is 6.10 Å². The van der Waals surface area contributed by atoms with Gasteiger partial charge in [-0.25, -0.2) is 9.13 Å². The molecule has 0 aromatic rings. The van der Waals surface area contributed by atoms with Crippen molar-refractivity contribution >= 4 is 33.6 Å². The predicted octanol–water partition coefficient (Wildman–Crippen LogP) is 28.0. The van der Waals surface area contributed by atoms with Crippen LogP contribution in [0.4, 0.5) is 0 Å². The minimum absolute atomic E-state index is 0.109. The lowest BCUT2D eigenvalue weighted by Gasteiger charge is -2.21. The van der Waals surface area contributed by atoms with Crippen molar-refractivity contribution in [3.05, 3.63) is 122 Å². The summed E-state index contributed by atoms with van der Waals surface area (Å²) >= 11 is 0. The molecule has 0 bridgehead atoms. The Bertz CT molecular complexity index is 2540. The summed E-state index contributed by atoms with van der Waals surface area (Å²) in [7, 11) is -9.78. The van der Waals surface area contributed by atoms with Gasteiger partial charge in [0.1, 0.15) is 25.4 Å². The van der Waals surface area contributed by atoms with Crippen LogP contribution in [0.2, 0.25) is 0 Å². The molecule has 4 N–H and O–H groups in total. The van der Waals surface area contributed by atoms with Crippen molar-refractivity contribution in [1.29, 1.82) is 0 Å². The van der Waals surface area contributed by atoms with E-state index in [2.05, 4.69) is 142 Å². The van der Waals surface area contributed by atoms with E-state index in [4.69, 9.17) is 32.3 Å². The smallest absolute Gasteiger partial charge is 0.463 e. The van der Waals surface area contributed by atoms with E-state index in [1.807, 2.05) is 0 Å². The number of unbranched alkanes of at least 4 members (excludes halogenated alkanes) is 44. The molecule has 0 aliphatic carbocycles. The lowest BCUT2D eigenvalue weighted by molar-refractivity contribution is -0.161. The molecule has 18 heteroatoms. The second kappa shape index (κ2) is 87.3. The molecule has 0 heterocycles. The van der Waals surface area contributed by atoms with Crippen molar-refractivity contribution in [1.82, 2.24) is 0 Å². The summed E-state index contributed by atoms with van der Waals surface area (Å²) in [6, 6.07) is 0. The van der Waals surface area contributed by atoms with Crippen molar-refractivity contribution in [2.45, 2.75) is 424 Å². The Morgan fingerprint density at radius 1 is 0.257 bits per heavy atom. The molecule has 0 saturated heterocycles. The first-order valence-electron chi connectivity index (χ1n) is 45.8. The van der Waals surface area contributed by atoms with Crippen LogP contribution in [0.1, 0.15) is 406 Å². The molecule has 0 aromatic carbocycles. The average molecular weight is 1630 g/mol. The van der Waals surface area contributed by atoms with Crippen molar-refractivity contribution in [3.63, 3.8) is 0 Å². The zero-order valence-electron chi connectivity index (χ0n) is 72.0. The Balaban J connectivity index is 4.33. The van der Waals surface area contributed by atoms with Gasteiger partial charge in [0.05, 0.1) is 26.4 Å². The van der Waals surface area contributed by atoms with Crippen molar-refractivity contribution in [3.8, 4) is 0 Å². The van der Waals surface area contributed by atoms with Gasteiger partial charge >= 0.3 is 33.6 Å². The number of carbonyl (C=O) groups excluding carboxylic acids is 3. The fourth-order valence-electron chi connectivity index (χ4n) is 12.7. The number of phosphoric acid groups is 2. The SMILES string of the molecule is CC/C=C\C/C=C\C/C=C\C/C=C\C/C=C\C/C=C\CCCCCCCCCCCCCCCCC(=O)OCC(O)COP(=O)(O)OCC(O)COP(=O)(O)OCC(COC(=O)CCCCCCCCCCCCCCCCCCC/C=C\C/C=C\C/C=C\C/C=C\CCCCC)OC(=O)CCCCCCCCCCCCC. The van der Waals surface area contributed by atoms with Gasteiger partial charge < -0.3 is 34.2 Å². The third-order valence-corrected chi connectivity index (χ3v) is 21.6. The Hall–Kier alpha value is -4.05. The summed E-state index contributed by atoms with van der Waals surface area (Å²) in [5.41, 5.74) is 0. The van der Waals surface area contributed by atoms with Gasteiger partial charge in [0, 0.05) is 19.3 Å². The summed E-state index contributed by atoms with van der Waals surface area (Å²) in [5.74, 6) is -1.55. The molecule has 654 valence electrons. The van der Waals surface area contributed by atoms with Crippen LogP contribution in [-0.2, 0) is 55.8 Å². The molecule has 5 unspecified atom stereocenters. The maximum absolute atomic E-state index is 13.0. The van der Waals surface area contributed by atoms with Crippen LogP contribution >= 0.6 is 15.6 Å². The lowest BCUT2D eigenvalue weighted by atomic mass is 10.0. The van der Waals surface area contributed by atoms with Crippen LogP contribution in [0.25, 0.3) is 0 Å². The Labute approximate surface area is 691 Å². The van der Waals surface area contributed by atoms with Crippen molar-refractivity contribution in [2.75, 3.05) is 39.6 Å². The number of rotatable bonds is 87. The first-order chi connectivity index (χ1) is 55.2. The molecule has 113 heavy (non-hydrogen) atoms. The standard InChI is InChI=1S/C95H168O16P2/c1-4-7-10-13-16-19-22-24-26-28-30-32-34-36-38-40-42-44-46-48-50-52-54-56-58-60-62-64-67-69-72-75-78-81-93(98)105-84-90(96)85-107-112(101,102)108-86-91(97)87-109-113(103,104)110-89-92(111-95(100)83-80-77-74-71-66-21-18-15-12-9-6-3)88-106-94(99)82-79-76-73-70-68-65-63-61-59-57-55-53-51-49-47-45-43-41-39-37-35-33-31-29-27-25-23-20-17-14-11-8-5-2/h7,10,16-17,19-20,24-27,30-33,36-39,42,44,90-92,96-97H,4-6,8-9,11-15,18,21-23,28-29,34-35,40-41,43,45-89H2,1-3H3,(H,101,102)(H,103,104)/b10-7-,19-16-,20-17-,26-24-,27-25-,32-30-,33-31-,38-36-,39-37-,44-42-. The topological polar surface area (TPSA) is 231 Å². The van der Waals surface area contributed by atoms with Gasteiger partial charge in [0.2, 0.25) is 0 Å². The van der Waals surface area contributed by atoms with Crippen LogP contribution in [0.5, 0.6) is 0 Å². The zero-order chi connectivity index (χ0) is 82.2. The number of allylic oxidation sites excluding steroid dienone is 20. The van der Waals surface area contributed by atoms with Gasteiger partial charge in [-0.15, -0.1) is 0 Å². The summed E-state index contributed by atoms with van der Waals surface area (Å²) in [5, 5.41) is 20.7. The maximum Gasteiger partial charge on any atom is 0.472 e. The summed E-state index contributed by atoms with van der Waals surface area (Å²) in [4.78, 5) is 58.8. The molecule has 0 aliphatic rings. The first-order valence-corrected chi connectivity index (χ1v) is 48.8.